The second kappa shape index (κ2) is 6.01. The molecule has 1 spiro atoms. The minimum atomic E-state index is -1.01. The molecule has 0 aromatic heterocycles. The van der Waals surface area contributed by atoms with E-state index >= 15 is 0 Å². The zero-order valence-electron chi connectivity index (χ0n) is 16.9. The van der Waals surface area contributed by atoms with Gasteiger partial charge in [-0.2, -0.15) is 0 Å². The molecule has 3 amide bonds. The molecule has 2 aromatic carbocycles. The van der Waals surface area contributed by atoms with Crippen molar-refractivity contribution in [3.05, 3.63) is 59.7 Å². The van der Waals surface area contributed by atoms with Gasteiger partial charge in [0.1, 0.15) is 17.9 Å². The lowest BCUT2D eigenvalue weighted by Crippen LogP contribution is -3.19. The number of carbonyl (C=O) groups is 3. The molecule has 4 aliphatic rings. The number of carbonyl (C=O) groups excluding carboxylic acids is 3. The summed E-state index contributed by atoms with van der Waals surface area (Å²) in [6.07, 6.45) is 2.69. The number of amides is 3. The highest BCUT2D eigenvalue weighted by molar-refractivity contribution is 6.25. The van der Waals surface area contributed by atoms with E-state index in [0.29, 0.717) is 5.69 Å². The molecule has 152 valence electrons. The summed E-state index contributed by atoms with van der Waals surface area (Å²) in [6, 6.07) is 15.2. The van der Waals surface area contributed by atoms with Crippen molar-refractivity contribution in [2.75, 3.05) is 16.8 Å². The second-order valence-corrected chi connectivity index (χ2v) is 8.87. The molecule has 4 heterocycles. The topological polar surface area (TPSA) is 70.9 Å². The highest BCUT2D eigenvalue weighted by Crippen LogP contribution is 2.52. The molecule has 1 unspecified atom stereocenters. The monoisotopic (exact) mass is 402 g/mol. The third kappa shape index (κ3) is 1.95. The van der Waals surface area contributed by atoms with E-state index in [1.165, 1.54) is 4.90 Å². The van der Waals surface area contributed by atoms with Crippen molar-refractivity contribution in [1.29, 1.82) is 0 Å². The molecule has 3 fully saturated rings. The summed E-state index contributed by atoms with van der Waals surface area (Å²) in [6.45, 7) is 2.90. The van der Waals surface area contributed by atoms with E-state index in [-0.39, 0.29) is 23.8 Å². The Kier molecular flexibility index (Phi) is 3.58. The molecule has 6 nitrogen and oxygen atoms in total. The van der Waals surface area contributed by atoms with Crippen LogP contribution in [0.1, 0.15) is 30.9 Å². The summed E-state index contributed by atoms with van der Waals surface area (Å²) in [5, 5.41) is 3.05. The third-order valence-corrected chi connectivity index (χ3v) is 7.70. The molecule has 5 atom stereocenters. The highest BCUT2D eigenvalue weighted by atomic mass is 16.2. The van der Waals surface area contributed by atoms with Crippen molar-refractivity contribution in [3.8, 4) is 0 Å². The lowest BCUT2D eigenvalue weighted by atomic mass is 9.75. The molecule has 0 saturated carbocycles. The first-order valence-corrected chi connectivity index (χ1v) is 10.8. The Morgan fingerprint density at radius 3 is 2.67 bits per heavy atom. The van der Waals surface area contributed by atoms with Crippen LogP contribution < -0.4 is 15.1 Å². The van der Waals surface area contributed by atoms with E-state index in [9.17, 15) is 14.4 Å². The lowest BCUT2D eigenvalue weighted by Gasteiger charge is -2.33. The maximum absolute atomic E-state index is 13.8. The van der Waals surface area contributed by atoms with Gasteiger partial charge in [0.05, 0.1) is 17.9 Å². The van der Waals surface area contributed by atoms with E-state index in [4.69, 9.17) is 0 Å². The van der Waals surface area contributed by atoms with Crippen molar-refractivity contribution in [1.82, 2.24) is 0 Å². The van der Waals surface area contributed by atoms with Crippen molar-refractivity contribution in [2.45, 2.75) is 37.8 Å². The van der Waals surface area contributed by atoms with Crippen molar-refractivity contribution >= 4 is 29.1 Å². The van der Waals surface area contributed by atoms with Crippen LogP contribution in [0.15, 0.2) is 48.5 Å². The molecule has 0 aliphatic carbocycles. The first kappa shape index (κ1) is 17.8. The van der Waals surface area contributed by atoms with Gasteiger partial charge in [-0.1, -0.05) is 31.2 Å². The van der Waals surface area contributed by atoms with E-state index in [0.717, 1.165) is 47.5 Å². The average molecular weight is 402 g/mol. The summed E-state index contributed by atoms with van der Waals surface area (Å²) >= 11 is 0. The maximum Gasteiger partial charge on any atom is 0.291 e. The second-order valence-electron chi connectivity index (χ2n) is 8.87. The molecule has 6 rings (SSSR count). The molecular formula is C24H24N3O3+. The van der Waals surface area contributed by atoms with Crippen LogP contribution in [-0.2, 0) is 26.3 Å². The van der Waals surface area contributed by atoms with Gasteiger partial charge in [0.2, 0.25) is 17.4 Å². The van der Waals surface area contributed by atoms with Crippen LogP contribution in [0.2, 0.25) is 0 Å². The van der Waals surface area contributed by atoms with Gasteiger partial charge in [0.25, 0.3) is 5.91 Å². The number of hydrogen-bond acceptors (Lipinski definition) is 3. The fraction of sp³-hybridized carbons (Fsp3) is 0.375. The van der Waals surface area contributed by atoms with Crippen molar-refractivity contribution in [2.24, 2.45) is 11.8 Å². The van der Waals surface area contributed by atoms with Crippen molar-refractivity contribution < 1.29 is 19.3 Å². The van der Waals surface area contributed by atoms with E-state index in [1.807, 2.05) is 30.3 Å². The SMILES string of the molecule is CCc1ccc2c(c1)[C@@]1(C(=O)N2)[C@@H]2C(=O)N(c3ccccc3)C(=O)[C@@H]2[C@@H]2CCC[NH+]21. The van der Waals surface area contributed by atoms with Crippen LogP contribution in [0.25, 0.3) is 0 Å². The molecule has 3 saturated heterocycles. The summed E-state index contributed by atoms with van der Waals surface area (Å²) in [5.41, 5.74) is 2.41. The van der Waals surface area contributed by atoms with Crippen LogP contribution in [0, 0.1) is 11.8 Å². The van der Waals surface area contributed by atoms with Crippen LogP contribution in [0.3, 0.4) is 0 Å². The largest absolute Gasteiger partial charge is 0.320 e. The first-order valence-electron chi connectivity index (χ1n) is 10.8. The summed E-state index contributed by atoms with van der Waals surface area (Å²) in [4.78, 5) is 43.5. The number of nitrogens with one attached hydrogen (secondary N) is 2. The smallest absolute Gasteiger partial charge is 0.291 e. The van der Waals surface area contributed by atoms with Crippen LogP contribution >= 0.6 is 0 Å². The molecule has 6 heteroatoms. The third-order valence-electron chi connectivity index (χ3n) is 7.70. The Bertz CT molecular complexity index is 1100. The Morgan fingerprint density at radius 2 is 1.90 bits per heavy atom. The predicted molar refractivity (Wildman–Crippen MR) is 111 cm³/mol. The fourth-order valence-electron chi connectivity index (χ4n) is 6.56. The molecule has 0 radical (unpaired) electrons. The Balaban J connectivity index is 1.57. The van der Waals surface area contributed by atoms with Gasteiger partial charge in [0.15, 0.2) is 0 Å². The minimum absolute atomic E-state index is 0.00199. The van der Waals surface area contributed by atoms with Gasteiger partial charge >= 0.3 is 0 Å². The van der Waals surface area contributed by atoms with Crippen LogP contribution in [0.5, 0.6) is 0 Å². The molecular weight excluding hydrogens is 378 g/mol. The van der Waals surface area contributed by atoms with Gasteiger partial charge in [0, 0.05) is 18.4 Å². The Labute approximate surface area is 174 Å². The number of quaternary nitrogens is 1. The summed E-state index contributed by atoms with van der Waals surface area (Å²) in [7, 11) is 0. The van der Waals surface area contributed by atoms with E-state index in [1.54, 1.807) is 12.1 Å². The number of nitrogens with zero attached hydrogens (tertiary/aromatic N) is 1. The van der Waals surface area contributed by atoms with Gasteiger partial charge in [-0.3, -0.25) is 14.4 Å². The summed E-state index contributed by atoms with van der Waals surface area (Å²) in [5.74, 6) is -1.61. The number of aryl methyl sites for hydroxylation is 1. The van der Waals surface area contributed by atoms with Gasteiger partial charge in [-0.25, -0.2) is 4.90 Å². The zero-order chi connectivity index (χ0) is 20.6. The van der Waals surface area contributed by atoms with Crippen molar-refractivity contribution in [3.63, 3.8) is 0 Å². The molecule has 2 N–H and O–H groups in total. The van der Waals surface area contributed by atoms with Crippen LogP contribution in [-0.4, -0.2) is 30.3 Å². The molecule has 0 bridgehead atoms. The van der Waals surface area contributed by atoms with Gasteiger partial charge in [-0.05, 0) is 36.2 Å². The van der Waals surface area contributed by atoms with Gasteiger partial charge < -0.3 is 10.2 Å². The Morgan fingerprint density at radius 1 is 1.10 bits per heavy atom. The quantitative estimate of drug-likeness (QED) is 0.743. The fourth-order valence-corrected chi connectivity index (χ4v) is 6.56. The van der Waals surface area contributed by atoms with Gasteiger partial charge in [-0.15, -0.1) is 0 Å². The zero-order valence-corrected chi connectivity index (χ0v) is 16.9. The number of rotatable bonds is 2. The number of fused-ring (bicyclic) bond motifs is 7. The van der Waals surface area contributed by atoms with E-state index in [2.05, 4.69) is 18.3 Å². The normalized spacial score (nSPS) is 33.8. The highest BCUT2D eigenvalue weighted by Gasteiger charge is 2.78. The summed E-state index contributed by atoms with van der Waals surface area (Å²) < 4.78 is 0. The number of anilines is 2. The van der Waals surface area contributed by atoms with Crippen LogP contribution in [0.4, 0.5) is 11.4 Å². The minimum Gasteiger partial charge on any atom is -0.320 e. The maximum atomic E-state index is 13.8. The lowest BCUT2D eigenvalue weighted by molar-refractivity contribution is -0.948. The molecule has 4 aliphatic heterocycles. The Hall–Kier alpha value is -2.99. The number of benzene rings is 2. The standard InChI is InChI=1S/C24H23N3O3/c1-2-14-10-11-17-16(13-14)24(23(30)25-17)20-19(18-9-6-12-26(18)24)21(28)27(22(20)29)15-7-4-3-5-8-15/h3-5,7-8,10-11,13,18-20H,2,6,9,12H2,1H3,(H,25,30)/p+1/t18-,19+,20-,24-/m0/s1. The number of hydrogen-bond donors (Lipinski definition) is 2. The number of para-hydroxylation sites is 1. The molecule has 2 aromatic rings. The van der Waals surface area contributed by atoms with E-state index < -0.39 is 17.4 Å². The molecule has 30 heavy (non-hydrogen) atoms. The average Bonchev–Trinajstić information content (AvgIpc) is 3.46. The predicted octanol–water partition coefficient (Wildman–Crippen LogP) is 1.26. The number of imide groups is 1. The first-order chi connectivity index (χ1) is 14.6.